The predicted octanol–water partition coefficient (Wildman–Crippen LogP) is 5.89. The SMILES string of the molecule is CC(C)c1c(O)ccc(SC[Si](C)(C)c2ccccc2)c1C(C)C. The first-order valence-corrected chi connectivity index (χ1v) is 13.0. The van der Waals surface area contributed by atoms with Crippen molar-refractivity contribution in [1.29, 1.82) is 0 Å². The molecule has 2 rings (SSSR count). The van der Waals surface area contributed by atoms with E-state index < -0.39 is 8.07 Å². The minimum Gasteiger partial charge on any atom is -0.508 e. The predicted molar refractivity (Wildman–Crippen MR) is 111 cm³/mol. The van der Waals surface area contributed by atoms with Gasteiger partial charge in [0.05, 0.1) is 8.07 Å². The van der Waals surface area contributed by atoms with Crippen molar-refractivity contribution in [1.82, 2.24) is 0 Å². The summed E-state index contributed by atoms with van der Waals surface area (Å²) in [6.07, 6.45) is 0. The summed E-state index contributed by atoms with van der Waals surface area (Å²) in [6.45, 7) is 13.7. The number of rotatable bonds is 6. The molecule has 0 aliphatic rings. The maximum Gasteiger partial charge on any atom is 0.119 e. The average molecular weight is 359 g/mol. The van der Waals surface area contributed by atoms with Crippen molar-refractivity contribution in [3.8, 4) is 5.75 Å². The lowest BCUT2D eigenvalue weighted by Gasteiger charge is -2.25. The highest BCUT2D eigenvalue weighted by molar-refractivity contribution is 8.01. The van der Waals surface area contributed by atoms with Crippen LogP contribution in [0.4, 0.5) is 0 Å². The van der Waals surface area contributed by atoms with Gasteiger partial charge in [-0.25, -0.2) is 0 Å². The summed E-state index contributed by atoms with van der Waals surface area (Å²) in [5.74, 6) is 1.19. The molecule has 0 atom stereocenters. The maximum atomic E-state index is 10.3. The van der Waals surface area contributed by atoms with E-state index in [2.05, 4.69) is 77.2 Å². The molecule has 3 heteroatoms. The highest BCUT2D eigenvalue weighted by Crippen LogP contribution is 2.40. The third-order valence-electron chi connectivity index (χ3n) is 4.52. The van der Waals surface area contributed by atoms with Crippen LogP contribution in [0, 0.1) is 0 Å². The van der Waals surface area contributed by atoms with Gasteiger partial charge in [-0.05, 0) is 34.9 Å². The average Bonchev–Trinajstić information content (AvgIpc) is 2.53. The van der Waals surface area contributed by atoms with Crippen molar-refractivity contribution in [2.45, 2.75) is 57.5 Å². The number of hydrogen-bond acceptors (Lipinski definition) is 2. The third-order valence-corrected chi connectivity index (χ3v) is 10.6. The molecular weight excluding hydrogens is 328 g/mol. The number of aromatic hydroxyl groups is 1. The molecule has 2 aromatic rings. The fraction of sp³-hybridized carbons (Fsp3) is 0.429. The number of phenolic OH excluding ortho intramolecular Hbond substituents is 1. The van der Waals surface area contributed by atoms with Crippen molar-refractivity contribution in [2.24, 2.45) is 0 Å². The van der Waals surface area contributed by atoms with Gasteiger partial charge in [0, 0.05) is 10.5 Å². The monoisotopic (exact) mass is 358 g/mol. The molecule has 0 saturated carbocycles. The topological polar surface area (TPSA) is 20.2 Å². The standard InChI is InChI=1S/C21H30OSSi/c1-15(2)20-18(22)12-13-19(21(20)16(3)4)23-14-24(5,6)17-10-8-7-9-11-17/h7-13,15-16,22H,14H2,1-6H3. The highest BCUT2D eigenvalue weighted by Gasteiger charge is 2.25. The van der Waals surface area contributed by atoms with E-state index in [1.807, 2.05) is 17.8 Å². The van der Waals surface area contributed by atoms with E-state index in [4.69, 9.17) is 0 Å². The zero-order valence-electron chi connectivity index (χ0n) is 15.8. The second-order valence-electron chi connectivity index (χ2n) is 7.76. The second kappa shape index (κ2) is 7.79. The maximum absolute atomic E-state index is 10.3. The van der Waals surface area contributed by atoms with E-state index >= 15 is 0 Å². The van der Waals surface area contributed by atoms with E-state index in [0.29, 0.717) is 17.6 Å². The van der Waals surface area contributed by atoms with Crippen LogP contribution in [-0.2, 0) is 0 Å². The van der Waals surface area contributed by atoms with Gasteiger partial charge in [0.25, 0.3) is 0 Å². The molecule has 1 nitrogen and oxygen atoms in total. The zero-order valence-corrected chi connectivity index (χ0v) is 17.6. The number of thioether (sulfide) groups is 1. The van der Waals surface area contributed by atoms with Crippen LogP contribution in [0.25, 0.3) is 0 Å². The molecule has 1 N–H and O–H groups in total. The molecule has 0 bridgehead atoms. The van der Waals surface area contributed by atoms with Crippen LogP contribution in [0.3, 0.4) is 0 Å². The lowest BCUT2D eigenvalue weighted by Crippen LogP contribution is -2.44. The van der Waals surface area contributed by atoms with E-state index in [-0.39, 0.29) is 0 Å². The Morgan fingerprint density at radius 2 is 1.46 bits per heavy atom. The summed E-state index contributed by atoms with van der Waals surface area (Å²) in [4.78, 5) is 1.34. The Hall–Kier alpha value is -1.19. The van der Waals surface area contributed by atoms with Gasteiger partial charge in [0.15, 0.2) is 0 Å². The summed E-state index contributed by atoms with van der Waals surface area (Å²) in [5, 5.41) is 13.0. The van der Waals surface area contributed by atoms with Crippen molar-refractivity contribution in [3.05, 3.63) is 53.6 Å². The molecule has 0 aliphatic carbocycles. The largest absolute Gasteiger partial charge is 0.508 e. The summed E-state index contributed by atoms with van der Waals surface area (Å²) in [5.41, 5.74) is 2.45. The third kappa shape index (κ3) is 4.25. The Kier molecular flexibility index (Phi) is 6.21. The number of phenols is 1. The Morgan fingerprint density at radius 3 is 2.00 bits per heavy atom. The van der Waals surface area contributed by atoms with Crippen LogP contribution in [0.15, 0.2) is 47.4 Å². The first-order chi connectivity index (χ1) is 11.2. The van der Waals surface area contributed by atoms with E-state index in [9.17, 15) is 5.11 Å². The molecule has 0 saturated heterocycles. The molecule has 0 amide bonds. The number of hydrogen-bond donors (Lipinski definition) is 1. The van der Waals surface area contributed by atoms with Crippen LogP contribution in [-0.4, -0.2) is 18.6 Å². The fourth-order valence-corrected chi connectivity index (χ4v) is 7.66. The lowest BCUT2D eigenvalue weighted by molar-refractivity contribution is 0.461. The van der Waals surface area contributed by atoms with Gasteiger partial charge in [-0.1, -0.05) is 76.3 Å². The molecular formula is C21H30OSSi. The Balaban J connectivity index is 2.32. The first kappa shape index (κ1) is 19.1. The summed E-state index contributed by atoms with van der Waals surface area (Å²) in [7, 11) is -1.48. The molecule has 2 aromatic carbocycles. The Morgan fingerprint density at radius 1 is 0.875 bits per heavy atom. The van der Waals surface area contributed by atoms with Gasteiger partial charge >= 0.3 is 0 Å². The van der Waals surface area contributed by atoms with Crippen molar-refractivity contribution < 1.29 is 5.11 Å². The van der Waals surface area contributed by atoms with Crippen LogP contribution in [0.5, 0.6) is 5.75 Å². The minimum atomic E-state index is -1.48. The molecule has 0 unspecified atom stereocenters. The van der Waals surface area contributed by atoms with Gasteiger partial charge in [-0.15, -0.1) is 11.8 Å². The normalized spacial score (nSPS) is 12.2. The van der Waals surface area contributed by atoms with Gasteiger partial charge in [-0.2, -0.15) is 0 Å². The molecule has 0 aliphatic heterocycles. The van der Waals surface area contributed by atoms with Crippen LogP contribution in [0.2, 0.25) is 13.1 Å². The Bertz CT molecular complexity index is 678. The smallest absolute Gasteiger partial charge is 0.119 e. The fourth-order valence-electron chi connectivity index (χ4n) is 3.16. The van der Waals surface area contributed by atoms with Crippen molar-refractivity contribution in [2.75, 3.05) is 5.38 Å². The lowest BCUT2D eigenvalue weighted by atomic mass is 9.90. The van der Waals surface area contributed by atoms with Crippen LogP contribution < -0.4 is 5.19 Å². The highest BCUT2D eigenvalue weighted by atomic mass is 32.2. The van der Waals surface area contributed by atoms with Gasteiger partial charge in [-0.3, -0.25) is 0 Å². The molecule has 0 radical (unpaired) electrons. The van der Waals surface area contributed by atoms with E-state index in [1.54, 1.807) is 0 Å². The Labute approximate surface area is 152 Å². The first-order valence-electron chi connectivity index (χ1n) is 8.78. The van der Waals surface area contributed by atoms with Crippen LogP contribution in [0.1, 0.15) is 50.7 Å². The van der Waals surface area contributed by atoms with Crippen molar-refractivity contribution in [3.63, 3.8) is 0 Å². The number of benzene rings is 2. The second-order valence-corrected chi connectivity index (χ2v) is 14.0. The zero-order chi connectivity index (χ0) is 17.9. The molecule has 0 aromatic heterocycles. The summed E-state index contributed by atoms with van der Waals surface area (Å²) >= 11 is 1.97. The van der Waals surface area contributed by atoms with E-state index in [0.717, 1.165) is 10.9 Å². The molecule has 130 valence electrons. The quantitative estimate of drug-likeness (QED) is 0.513. The van der Waals surface area contributed by atoms with Crippen LogP contribution >= 0.6 is 11.8 Å². The molecule has 0 fully saturated rings. The summed E-state index contributed by atoms with van der Waals surface area (Å²) in [6, 6.07) is 14.9. The molecule has 0 spiro atoms. The van der Waals surface area contributed by atoms with Crippen molar-refractivity contribution >= 4 is 25.0 Å². The van der Waals surface area contributed by atoms with E-state index in [1.165, 1.54) is 15.6 Å². The molecule has 24 heavy (non-hydrogen) atoms. The van der Waals surface area contributed by atoms with Gasteiger partial charge in [0.1, 0.15) is 5.75 Å². The van der Waals surface area contributed by atoms with Gasteiger partial charge in [0.2, 0.25) is 0 Å². The van der Waals surface area contributed by atoms with Gasteiger partial charge < -0.3 is 5.11 Å². The molecule has 0 heterocycles. The minimum absolute atomic E-state index is 0.335. The summed E-state index contributed by atoms with van der Waals surface area (Å²) < 4.78 is 0.